The fourth-order valence-corrected chi connectivity index (χ4v) is 5.90. The lowest BCUT2D eigenvalue weighted by Gasteiger charge is -2.29. The Bertz CT molecular complexity index is 1200. The van der Waals surface area contributed by atoms with Gasteiger partial charge >= 0.3 is 6.09 Å². The molecule has 4 rings (SSSR count). The first-order chi connectivity index (χ1) is 16.7. The van der Waals surface area contributed by atoms with Crippen LogP contribution in [0.25, 0.3) is 0 Å². The Morgan fingerprint density at radius 1 is 1.14 bits per heavy atom. The zero-order valence-electron chi connectivity index (χ0n) is 19.2. The van der Waals surface area contributed by atoms with Crippen LogP contribution in [0.4, 0.5) is 10.5 Å². The number of carbonyl (C=O) groups is 1. The Morgan fingerprint density at radius 3 is 2.51 bits per heavy atom. The molecule has 1 saturated heterocycles. The second kappa shape index (κ2) is 10.8. The SMILES string of the molecule is COc1ccc(S(=O)(=O)N[C@H]2CC[C@H](NC(=O)O[C@@H]3CCN(c4cn[nH]c(=O)c4Cl)C3)CC2)cc1. The highest BCUT2D eigenvalue weighted by Crippen LogP contribution is 2.26. The van der Waals surface area contributed by atoms with Crippen LogP contribution in [0.15, 0.2) is 40.2 Å². The lowest BCUT2D eigenvalue weighted by Crippen LogP contribution is -2.44. The number of hydrogen-bond acceptors (Lipinski definition) is 8. The second-order valence-corrected chi connectivity index (χ2v) is 10.7. The van der Waals surface area contributed by atoms with E-state index in [0.717, 1.165) is 0 Å². The number of carbonyl (C=O) groups excluding carboxylic acids is 1. The molecule has 2 heterocycles. The van der Waals surface area contributed by atoms with E-state index in [-0.39, 0.29) is 28.1 Å². The topological polar surface area (TPSA) is 143 Å². The molecular weight excluding hydrogens is 498 g/mol. The molecule has 190 valence electrons. The Hall–Kier alpha value is -2.83. The van der Waals surface area contributed by atoms with Crippen LogP contribution in [0, 0.1) is 0 Å². The van der Waals surface area contributed by atoms with Crippen molar-refractivity contribution in [2.75, 3.05) is 25.1 Å². The maximum atomic E-state index is 12.6. The Kier molecular flexibility index (Phi) is 7.82. The number of benzene rings is 1. The van der Waals surface area contributed by atoms with Crippen molar-refractivity contribution >= 4 is 33.4 Å². The van der Waals surface area contributed by atoms with Gasteiger partial charge in [-0.15, -0.1) is 0 Å². The van der Waals surface area contributed by atoms with E-state index in [9.17, 15) is 18.0 Å². The number of ether oxygens (including phenoxy) is 2. The average Bonchev–Trinajstić information content (AvgIpc) is 3.30. The standard InChI is InChI=1S/C22H28ClN5O6S/c1-33-16-6-8-18(9-7-16)35(31,32)27-15-4-2-14(3-5-15)25-22(30)34-17-10-11-28(13-17)19-12-24-26-21(29)20(19)23/h6-9,12,14-15,17,27H,2-5,10-11,13H2,1H3,(H,25,30)(H,26,29)/t14-,15-,17-/m1/s1. The van der Waals surface area contributed by atoms with E-state index in [0.29, 0.717) is 56.6 Å². The Morgan fingerprint density at radius 2 is 1.83 bits per heavy atom. The molecule has 2 aliphatic rings. The summed E-state index contributed by atoms with van der Waals surface area (Å²) in [5, 5.41) is 9.00. The Labute approximate surface area is 208 Å². The van der Waals surface area contributed by atoms with Crippen molar-refractivity contribution in [3.05, 3.63) is 45.8 Å². The van der Waals surface area contributed by atoms with Crippen molar-refractivity contribution in [1.82, 2.24) is 20.2 Å². The first kappa shape index (κ1) is 25.3. The number of nitrogens with one attached hydrogen (secondary N) is 3. The molecule has 1 atom stereocenters. The number of aromatic amines is 1. The van der Waals surface area contributed by atoms with Crippen molar-refractivity contribution in [2.45, 2.75) is 55.2 Å². The highest BCUT2D eigenvalue weighted by Gasteiger charge is 2.30. The van der Waals surface area contributed by atoms with Gasteiger partial charge in [0.05, 0.1) is 30.4 Å². The van der Waals surface area contributed by atoms with Crippen LogP contribution in [-0.4, -0.2) is 63.1 Å². The average molecular weight is 526 g/mol. The summed E-state index contributed by atoms with van der Waals surface area (Å²) in [6, 6.07) is 5.94. The molecule has 11 nitrogen and oxygen atoms in total. The number of amides is 1. The number of sulfonamides is 1. The van der Waals surface area contributed by atoms with Gasteiger partial charge in [-0.2, -0.15) is 5.10 Å². The third-order valence-corrected chi connectivity index (χ3v) is 8.18. The number of alkyl carbamates (subject to hydrolysis) is 1. The first-order valence-corrected chi connectivity index (χ1v) is 13.2. The fourth-order valence-electron chi connectivity index (χ4n) is 4.39. The summed E-state index contributed by atoms with van der Waals surface area (Å²) in [7, 11) is -2.11. The highest BCUT2D eigenvalue weighted by molar-refractivity contribution is 7.89. The van der Waals surface area contributed by atoms with E-state index in [4.69, 9.17) is 21.1 Å². The normalized spacial score (nSPS) is 22.6. The van der Waals surface area contributed by atoms with Crippen molar-refractivity contribution in [1.29, 1.82) is 0 Å². The van der Waals surface area contributed by atoms with E-state index < -0.39 is 21.7 Å². The summed E-state index contributed by atoms with van der Waals surface area (Å²) in [4.78, 5) is 26.1. The predicted octanol–water partition coefficient (Wildman–Crippen LogP) is 2.03. The van der Waals surface area contributed by atoms with Crippen LogP contribution in [0.3, 0.4) is 0 Å². The quantitative estimate of drug-likeness (QED) is 0.498. The van der Waals surface area contributed by atoms with Gasteiger partial charge in [-0.05, 0) is 49.9 Å². The zero-order chi connectivity index (χ0) is 25.0. The van der Waals surface area contributed by atoms with Gasteiger partial charge in [0.1, 0.15) is 16.9 Å². The lowest BCUT2D eigenvalue weighted by atomic mass is 9.92. The molecule has 2 aromatic rings. The van der Waals surface area contributed by atoms with Crippen LogP contribution < -0.4 is 25.2 Å². The number of nitrogens with zero attached hydrogens (tertiary/aromatic N) is 2. The van der Waals surface area contributed by atoms with Crippen molar-refractivity contribution < 1.29 is 22.7 Å². The smallest absolute Gasteiger partial charge is 0.407 e. The van der Waals surface area contributed by atoms with E-state index >= 15 is 0 Å². The summed E-state index contributed by atoms with van der Waals surface area (Å²) in [5.74, 6) is 0.587. The molecule has 0 unspecified atom stereocenters. The third-order valence-electron chi connectivity index (χ3n) is 6.28. The van der Waals surface area contributed by atoms with Crippen molar-refractivity contribution in [2.24, 2.45) is 0 Å². The molecule has 1 aliphatic heterocycles. The molecule has 13 heteroatoms. The first-order valence-electron chi connectivity index (χ1n) is 11.4. The van der Waals surface area contributed by atoms with Gasteiger partial charge in [0.15, 0.2) is 0 Å². The van der Waals surface area contributed by atoms with Crippen LogP contribution in [0.1, 0.15) is 32.1 Å². The number of hydrogen-bond donors (Lipinski definition) is 3. The lowest BCUT2D eigenvalue weighted by molar-refractivity contribution is 0.102. The van der Waals surface area contributed by atoms with Gasteiger partial charge in [-0.1, -0.05) is 11.6 Å². The monoisotopic (exact) mass is 525 g/mol. The molecule has 1 aliphatic carbocycles. The highest BCUT2D eigenvalue weighted by atomic mass is 35.5. The molecule has 1 amide bonds. The minimum absolute atomic E-state index is 0.0597. The molecule has 2 fully saturated rings. The minimum atomic E-state index is -3.63. The molecular formula is C22H28ClN5O6S. The summed E-state index contributed by atoms with van der Waals surface area (Å²) >= 11 is 6.06. The maximum absolute atomic E-state index is 12.6. The summed E-state index contributed by atoms with van der Waals surface area (Å²) < 4.78 is 38.7. The summed E-state index contributed by atoms with van der Waals surface area (Å²) in [6.07, 6.45) is 3.72. The van der Waals surface area contributed by atoms with Gasteiger partial charge in [-0.25, -0.2) is 23.0 Å². The van der Waals surface area contributed by atoms with Gasteiger partial charge in [0.25, 0.3) is 5.56 Å². The number of anilines is 1. The molecule has 1 aromatic heterocycles. The zero-order valence-corrected chi connectivity index (χ0v) is 20.8. The van der Waals surface area contributed by atoms with Gasteiger partial charge in [0, 0.05) is 25.0 Å². The van der Waals surface area contributed by atoms with Crippen LogP contribution in [0.2, 0.25) is 5.02 Å². The molecule has 0 spiro atoms. The van der Waals surface area contributed by atoms with Gasteiger partial charge in [-0.3, -0.25) is 4.79 Å². The molecule has 1 saturated carbocycles. The van der Waals surface area contributed by atoms with Gasteiger partial charge in [0.2, 0.25) is 10.0 Å². The van der Waals surface area contributed by atoms with Crippen LogP contribution in [-0.2, 0) is 14.8 Å². The van der Waals surface area contributed by atoms with Crippen molar-refractivity contribution in [3.8, 4) is 5.75 Å². The van der Waals surface area contributed by atoms with E-state index in [2.05, 4.69) is 20.2 Å². The Balaban J connectivity index is 1.21. The molecule has 0 radical (unpaired) electrons. The summed E-state index contributed by atoms with van der Waals surface area (Å²) in [5.41, 5.74) is 0.0468. The van der Waals surface area contributed by atoms with Crippen LogP contribution >= 0.6 is 11.6 Å². The van der Waals surface area contributed by atoms with Crippen LogP contribution in [0.5, 0.6) is 5.75 Å². The number of methoxy groups -OCH3 is 1. The maximum Gasteiger partial charge on any atom is 0.407 e. The number of aromatic nitrogens is 2. The van der Waals surface area contributed by atoms with E-state index in [1.807, 2.05) is 4.90 Å². The largest absolute Gasteiger partial charge is 0.497 e. The predicted molar refractivity (Wildman–Crippen MR) is 129 cm³/mol. The molecule has 0 bridgehead atoms. The molecule has 1 aromatic carbocycles. The molecule has 3 N–H and O–H groups in total. The van der Waals surface area contributed by atoms with Crippen molar-refractivity contribution in [3.63, 3.8) is 0 Å². The van der Waals surface area contributed by atoms with E-state index in [1.54, 1.807) is 12.1 Å². The summed E-state index contributed by atoms with van der Waals surface area (Å²) in [6.45, 7) is 1.00. The third kappa shape index (κ3) is 6.24. The number of rotatable bonds is 7. The minimum Gasteiger partial charge on any atom is -0.497 e. The second-order valence-electron chi connectivity index (χ2n) is 8.65. The van der Waals surface area contributed by atoms with Gasteiger partial charge < -0.3 is 19.7 Å². The number of H-pyrrole nitrogens is 1. The number of halogens is 1. The van der Waals surface area contributed by atoms with E-state index in [1.165, 1.54) is 25.4 Å². The fraction of sp³-hybridized carbons (Fsp3) is 0.500. The molecule has 35 heavy (non-hydrogen) atoms.